The van der Waals surface area contributed by atoms with Crippen molar-refractivity contribution >= 4 is 5.84 Å². The second kappa shape index (κ2) is 1.40. The average Bonchev–Trinajstić information content (AvgIpc) is 1.91. The highest BCUT2D eigenvalue weighted by atomic mass is 15.3. The highest BCUT2D eigenvalue weighted by Crippen LogP contribution is 1.89. The molecule has 0 atom stereocenters. The third kappa shape index (κ3) is 0.656. The van der Waals surface area contributed by atoms with Crippen LogP contribution in [0.2, 0.25) is 0 Å². The minimum atomic E-state index is 0.728. The number of hydrogen-bond acceptors (Lipinski definition) is 2. The quantitative estimate of drug-likeness (QED) is 0.394. The van der Waals surface area contributed by atoms with Crippen molar-refractivity contribution in [3.63, 3.8) is 0 Å². The van der Waals surface area contributed by atoms with Gasteiger partial charge in [-0.25, -0.2) is 4.58 Å². The van der Waals surface area contributed by atoms with Crippen molar-refractivity contribution in [2.75, 3.05) is 13.7 Å². The van der Waals surface area contributed by atoms with Gasteiger partial charge in [-0.15, -0.1) is 0 Å². The van der Waals surface area contributed by atoms with Crippen LogP contribution in [0.4, 0.5) is 0 Å². The van der Waals surface area contributed by atoms with E-state index in [1.165, 1.54) is 0 Å². The topological polar surface area (TPSA) is 27.7 Å². The van der Waals surface area contributed by atoms with Gasteiger partial charge in [0.05, 0.1) is 12.2 Å². The number of azo groups is 1. The number of nitrogens with zero attached hydrogens (tertiary/aromatic N) is 3. The highest BCUT2D eigenvalue weighted by molar-refractivity contribution is 5.75. The maximum atomic E-state index is 3.78. The van der Waals surface area contributed by atoms with Crippen LogP contribution in [0.1, 0.15) is 6.92 Å². The molecule has 1 heterocycles. The van der Waals surface area contributed by atoms with Crippen LogP contribution in [0.5, 0.6) is 0 Å². The standard InChI is InChI=1S/C4H8N3/c1-4-6-5-3-7(4)2/h3H2,1-2H3/q+1. The first-order valence-corrected chi connectivity index (χ1v) is 2.23. The Morgan fingerprint density at radius 3 is 2.57 bits per heavy atom. The third-order valence-electron chi connectivity index (χ3n) is 1.04. The zero-order valence-corrected chi connectivity index (χ0v) is 4.55. The molecule has 0 aromatic heterocycles. The summed E-state index contributed by atoms with van der Waals surface area (Å²) >= 11 is 0. The fourth-order valence-corrected chi connectivity index (χ4v) is 0.408. The maximum Gasteiger partial charge on any atom is 0.319 e. The van der Waals surface area contributed by atoms with E-state index in [9.17, 15) is 0 Å². The van der Waals surface area contributed by atoms with E-state index in [0.29, 0.717) is 0 Å². The lowest BCUT2D eigenvalue weighted by molar-refractivity contribution is -0.490. The van der Waals surface area contributed by atoms with Crippen LogP contribution in [0.25, 0.3) is 0 Å². The molecule has 0 aromatic rings. The largest absolute Gasteiger partial charge is 0.319 e. The summed E-state index contributed by atoms with van der Waals surface area (Å²) in [6.07, 6.45) is 0. The molecule has 38 valence electrons. The zero-order chi connectivity index (χ0) is 5.28. The Labute approximate surface area is 42.4 Å². The van der Waals surface area contributed by atoms with Crippen LogP contribution in [0, 0.1) is 0 Å². The third-order valence-corrected chi connectivity index (χ3v) is 1.04. The lowest BCUT2D eigenvalue weighted by atomic mass is 10.7. The Morgan fingerprint density at radius 2 is 2.43 bits per heavy atom. The Balaban J connectivity index is 2.79. The SMILES string of the molecule is CC1=[N+](C)CN=N1. The number of rotatable bonds is 0. The van der Waals surface area contributed by atoms with Gasteiger partial charge in [0.15, 0.2) is 0 Å². The molecule has 0 fully saturated rings. The van der Waals surface area contributed by atoms with E-state index >= 15 is 0 Å². The summed E-state index contributed by atoms with van der Waals surface area (Å²) in [6.45, 7) is 2.67. The maximum absolute atomic E-state index is 3.78. The second-order valence-corrected chi connectivity index (χ2v) is 1.63. The van der Waals surface area contributed by atoms with Crippen molar-refractivity contribution in [2.24, 2.45) is 10.2 Å². The van der Waals surface area contributed by atoms with Gasteiger partial charge in [-0.05, 0) is 5.11 Å². The Bertz CT molecular complexity index is 134. The summed E-state index contributed by atoms with van der Waals surface area (Å²) in [4.78, 5) is 0. The van der Waals surface area contributed by atoms with Gasteiger partial charge in [0.2, 0.25) is 6.67 Å². The van der Waals surface area contributed by atoms with E-state index in [1.54, 1.807) is 0 Å². The van der Waals surface area contributed by atoms with Gasteiger partial charge in [-0.3, -0.25) is 0 Å². The van der Waals surface area contributed by atoms with Crippen molar-refractivity contribution in [1.29, 1.82) is 0 Å². The van der Waals surface area contributed by atoms with Crippen molar-refractivity contribution in [2.45, 2.75) is 6.92 Å². The lowest BCUT2D eigenvalue weighted by Crippen LogP contribution is -2.05. The van der Waals surface area contributed by atoms with Gasteiger partial charge in [0.25, 0.3) is 0 Å². The normalized spacial score (nSPS) is 19.1. The highest BCUT2D eigenvalue weighted by Gasteiger charge is 2.08. The molecule has 1 aliphatic rings. The van der Waals surface area contributed by atoms with Crippen molar-refractivity contribution < 1.29 is 4.58 Å². The molecule has 0 radical (unpaired) electrons. The molecule has 3 heteroatoms. The molecule has 1 aliphatic heterocycles. The predicted molar refractivity (Wildman–Crippen MR) is 26.6 cm³/mol. The molecular formula is C4H8N3+. The molecule has 0 aromatic carbocycles. The number of amidine groups is 1. The minimum absolute atomic E-state index is 0.728. The summed E-state index contributed by atoms with van der Waals surface area (Å²) in [7, 11) is 1.97. The molecule has 0 aliphatic carbocycles. The molecule has 0 spiro atoms. The van der Waals surface area contributed by atoms with Crippen LogP contribution in [0.15, 0.2) is 10.2 Å². The summed E-state index contributed by atoms with van der Waals surface area (Å²) in [6, 6.07) is 0. The van der Waals surface area contributed by atoms with Gasteiger partial charge in [0.1, 0.15) is 0 Å². The Morgan fingerprint density at radius 1 is 1.71 bits per heavy atom. The van der Waals surface area contributed by atoms with Crippen molar-refractivity contribution in [3.05, 3.63) is 0 Å². The predicted octanol–water partition coefficient (Wildman–Crippen LogP) is 0.470. The Kier molecular flexibility index (Phi) is 0.889. The molecule has 1 rings (SSSR count). The molecular weight excluding hydrogens is 90.1 g/mol. The monoisotopic (exact) mass is 98.1 g/mol. The molecule has 0 amide bonds. The molecule has 0 unspecified atom stereocenters. The van der Waals surface area contributed by atoms with E-state index in [0.717, 1.165) is 12.5 Å². The molecule has 0 saturated heterocycles. The first kappa shape index (κ1) is 4.43. The molecule has 0 saturated carbocycles. The van der Waals surface area contributed by atoms with E-state index in [-0.39, 0.29) is 0 Å². The van der Waals surface area contributed by atoms with Crippen LogP contribution >= 0.6 is 0 Å². The molecule has 7 heavy (non-hydrogen) atoms. The first-order chi connectivity index (χ1) is 3.30. The fraction of sp³-hybridized carbons (Fsp3) is 0.750. The van der Waals surface area contributed by atoms with Gasteiger partial charge < -0.3 is 0 Å². The summed E-state index contributed by atoms with van der Waals surface area (Å²) in [5.74, 6) is 1.00. The van der Waals surface area contributed by atoms with Gasteiger partial charge in [-0.2, -0.15) is 0 Å². The average molecular weight is 98.1 g/mol. The van der Waals surface area contributed by atoms with E-state index < -0.39 is 0 Å². The minimum Gasteiger partial charge on any atom is -0.240 e. The van der Waals surface area contributed by atoms with Gasteiger partial charge in [0, 0.05) is 6.92 Å². The van der Waals surface area contributed by atoms with Crippen molar-refractivity contribution in [1.82, 2.24) is 0 Å². The molecule has 0 bridgehead atoms. The van der Waals surface area contributed by atoms with E-state index in [1.807, 2.05) is 18.5 Å². The molecule has 3 nitrogen and oxygen atoms in total. The van der Waals surface area contributed by atoms with Crippen LogP contribution in [0.3, 0.4) is 0 Å². The first-order valence-electron chi connectivity index (χ1n) is 2.23. The van der Waals surface area contributed by atoms with Gasteiger partial charge >= 0.3 is 5.84 Å². The second-order valence-electron chi connectivity index (χ2n) is 1.63. The van der Waals surface area contributed by atoms with E-state index in [4.69, 9.17) is 0 Å². The Hall–Kier alpha value is -0.730. The van der Waals surface area contributed by atoms with E-state index in [2.05, 4.69) is 10.2 Å². The van der Waals surface area contributed by atoms with Crippen LogP contribution < -0.4 is 0 Å². The summed E-state index contributed by atoms with van der Waals surface area (Å²) in [5, 5.41) is 7.54. The fourth-order valence-electron chi connectivity index (χ4n) is 0.408. The van der Waals surface area contributed by atoms with Crippen molar-refractivity contribution in [3.8, 4) is 0 Å². The smallest absolute Gasteiger partial charge is 0.240 e. The van der Waals surface area contributed by atoms with Gasteiger partial charge in [-0.1, -0.05) is 0 Å². The lowest BCUT2D eigenvalue weighted by Gasteiger charge is -1.80. The summed E-state index contributed by atoms with van der Waals surface area (Å²) < 4.78 is 1.99. The van der Waals surface area contributed by atoms with Crippen LogP contribution in [-0.2, 0) is 0 Å². The zero-order valence-electron chi connectivity index (χ0n) is 4.55. The number of hydrogen-bond donors (Lipinski definition) is 0. The molecule has 0 N–H and O–H groups in total. The van der Waals surface area contributed by atoms with Crippen LogP contribution in [-0.4, -0.2) is 24.1 Å². The summed E-state index contributed by atoms with van der Waals surface area (Å²) in [5.41, 5.74) is 0.